The molecule has 6 nitrogen and oxygen atoms in total. The first kappa shape index (κ1) is 17.1. The summed E-state index contributed by atoms with van der Waals surface area (Å²) in [7, 11) is 0. The third kappa shape index (κ3) is 2.80. The second-order valence-corrected chi connectivity index (χ2v) is 7.57. The Balaban J connectivity index is 1.46. The van der Waals surface area contributed by atoms with Gasteiger partial charge in [0.25, 0.3) is 5.91 Å². The normalized spacial score (nSPS) is 23.8. The van der Waals surface area contributed by atoms with E-state index >= 15 is 0 Å². The van der Waals surface area contributed by atoms with Gasteiger partial charge in [-0.25, -0.2) is 9.07 Å². The lowest BCUT2D eigenvalue weighted by atomic mass is 10.1. The largest absolute Gasteiger partial charge is 0.331 e. The van der Waals surface area contributed by atoms with Gasteiger partial charge in [-0.15, -0.1) is 5.10 Å². The van der Waals surface area contributed by atoms with E-state index in [-0.39, 0.29) is 35.9 Å². The van der Waals surface area contributed by atoms with Crippen molar-refractivity contribution in [1.82, 2.24) is 24.8 Å². The molecule has 3 heterocycles. The van der Waals surface area contributed by atoms with Gasteiger partial charge in [-0.1, -0.05) is 23.4 Å². The van der Waals surface area contributed by atoms with E-state index in [0.29, 0.717) is 12.2 Å². The first-order valence-electron chi connectivity index (χ1n) is 9.18. The maximum atomic E-state index is 14.1. The Kier molecular flexibility index (Phi) is 4.26. The summed E-state index contributed by atoms with van der Waals surface area (Å²) in [6.45, 7) is 7.48. The average Bonchev–Trinajstić information content (AvgIpc) is 3.35. The first-order valence-corrected chi connectivity index (χ1v) is 9.18. The van der Waals surface area contributed by atoms with Gasteiger partial charge in [0.2, 0.25) is 0 Å². The monoisotopic (exact) mass is 357 g/mol. The fourth-order valence-corrected chi connectivity index (χ4v) is 4.19. The highest BCUT2D eigenvalue weighted by molar-refractivity contribution is 5.92. The summed E-state index contributed by atoms with van der Waals surface area (Å²) in [5.74, 6) is -0.219. The minimum atomic E-state index is -0.166. The number of likely N-dealkylation sites (tertiary alicyclic amines) is 2. The molecule has 2 aromatic rings. The zero-order valence-electron chi connectivity index (χ0n) is 15.3. The number of halogens is 1. The summed E-state index contributed by atoms with van der Waals surface area (Å²) in [6.07, 6.45) is 2.65. The molecule has 1 unspecified atom stereocenters. The summed E-state index contributed by atoms with van der Waals surface area (Å²) in [5.41, 5.74) is 1.12. The Morgan fingerprint density at radius 1 is 1.19 bits per heavy atom. The van der Waals surface area contributed by atoms with Crippen LogP contribution in [0.25, 0.3) is 0 Å². The minimum Gasteiger partial charge on any atom is -0.331 e. The van der Waals surface area contributed by atoms with Crippen molar-refractivity contribution in [2.45, 2.75) is 51.4 Å². The van der Waals surface area contributed by atoms with E-state index in [2.05, 4.69) is 15.2 Å². The minimum absolute atomic E-state index is 0.00488. The summed E-state index contributed by atoms with van der Waals surface area (Å²) < 4.78 is 15.8. The molecule has 4 rings (SSSR count). The zero-order chi connectivity index (χ0) is 18.4. The van der Waals surface area contributed by atoms with Gasteiger partial charge in [0.05, 0.1) is 6.20 Å². The van der Waals surface area contributed by atoms with E-state index < -0.39 is 0 Å². The van der Waals surface area contributed by atoms with Gasteiger partial charge >= 0.3 is 0 Å². The lowest BCUT2D eigenvalue weighted by Crippen LogP contribution is -2.49. The molecule has 1 aromatic carbocycles. The molecular formula is C19H24FN5O. The van der Waals surface area contributed by atoms with Crippen molar-refractivity contribution in [3.8, 4) is 0 Å². The van der Waals surface area contributed by atoms with Crippen molar-refractivity contribution >= 4 is 5.91 Å². The van der Waals surface area contributed by atoms with Crippen LogP contribution in [0.2, 0.25) is 0 Å². The third-order valence-corrected chi connectivity index (χ3v) is 5.66. The number of hydrogen-bond acceptors (Lipinski definition) is 4. The van der Waals surface area contributed by atoms with Gasteiger partial charge < -0.3 is 4.90 Å². The van der Waals surface area contributed by atoms with Crippen molar-refractivity contribution in [1.29, 1.82) is 0 Å². The van der Waals surface area contributed by atoms with Gasteiger partial charge in [0.1, 0.15) is 5.82 Å². The van der Waals surface area contributed by atoms with Crippen LogP contribution in [0.3, 0.4) is 0 Å². The Labute approximate surface area is 152 Å². The summed E-state index contributed by atoms with van der Waals surface area (Å²) >= 11 is 0. The molecule has 7 heteroatoms. The van der Waals surface area contributed by atoms with Gasteiger partial charge in [-0.05, 0) is 33.3 Å². The number of fused-ring (bicyclic) bond motifs is 2. The molecule has 0 spiro atoms. The van der Waals surface area contributed by atoms with E-state index in [1.165, 1.54) is 6.07 Å². The molecule has 0 N–H and O–H groups in total. The quantitative estimate of drug-likeness (QED) is 0.844. The molecule has 2 aliphatic rings. The summed E-state index contributed by atoms with van der Waals surface area (Å²) in [6, 6.07) is 7.54. The van der Waals surface area contributed by atoms with Crippen LogP contribution in [0.1, 0.15) is 55.3 Å². The van der Waals surface area contributed by atoms with E-state index in [4.69, 9.17) is 0 Å². The van der Waals surface area contributed by atoms with Crippen LogP contribution in [0, 0.1) is 5.82 Å². The number of piperazine rings is 1. The number of benzene rings is 1. The number of hydrogen-bond donors (Lipinski definition) is 0. The Hall–Kier alpha value is -2.28. The van der Waals surface area contributed by atoms with Gasteiger partial charge in [-0.2, -0.15) is 0 Å². The molecule has 138 valence electrons. The van der Waals surface area contributed by atoms with Crippen LogP contribution in [-0.2, 0) is 0 Å². The topological polar surface area (TPSA) is 54.3 Å². The molecule has 0 aliphatic carbocycles. The molecule has 1 aromatic heterocycles. The molecular weight excluding hydrogens is 333 g/mol. The first-order chi connectivity index (χ1) is 12.5. The van der Waals surface area contributed by atoms with Gasteiger partial charge in [0.15, 0.2) is 5.69 Å². The lowest BCUT2D eigenvalue weighted by Gasteiger charge is -2.37. The SMILES string of the molecule is CC(c1ccccc1F)N1C[C@@H]2C[C@H]1CN2C(=O)c1cn(C(C)C)nn1. The molecule has 0 saturated carbocycles. The van der Waals surface area contributed by atoms with Crippen LogP contribution in [0.5, 0.6) is 0 Å². The Morgan fingerprint density at radius 2 is 1.96 bits per heavy atom. The predicted molar refractivity (Wildman–Crippen MR) is 95.2 cm³/mol. The highest BCUT2D eigenvalue weighted by Crippen LogP contribution is 2.37. The van der Waals surface area contributed by atoms with Gasteiger partial charge in [0, 0.05) is 42.8 Å². The molecule has 2 bridgehead atoms. The Bertz CT molecular complexity index is 820. The predicted octanol–water partition coefficient (Wildman–Crippen LogP) is 2.66. The van der Waals surface area contributed by atoms with Crippen LogP contribution < -0.4 is 0 Å². The highest BCUT2D eigenvalue weighted by Gasteiger charge is 2.47. The van der Waals surface area contributed by atoms with E-state index in [1.807, 2.05) is 37.8 Å². The molecule has 2 aliphatic heterocycles. The second kappa shape index (κ2) is 6.46. The third-order valence-electron chi connectivity index (χ3n) is 5.66. The number of aromatic nitrogens is 3. The van der Waals surface area contributed by atoms with E-state index in [0.717, 1.165) is 18.5 Å². The molecule has 26 heavy (non-hydrogen) atoms. The standard InChI is InChI=1S/C19H24FN5O/c1-12(2)25-11-18(21-22-25)19(26)24-10-14-8-15(24)9-23(14)13(3)16-6-4-5-7-17(16)20/h4-7,11-15H,8-10H2,1-3H3/t13?,14-,15-/m0/s1. The molecule has 2 saturated heterocycles. The fraction of sp³-hybridized carbons (Fsp3) is 0.526. The number of rotatable bonds is 4. The van der Waals surface area contributed by atoms with Crippen molar-refractivity contribution < 1.29 is 9.18 Å². The maximum absolute atomic E-state index is 14.1. The number of carbonyl (C=O) groups is 1. The van der Waals surface area contributed by atoms with Gasteiger partial charge in [-0.3, -0.25) is 9.69 Å². The second-order valence-electron chi connectivity index (χ2n) is 7.57. The van der Waals surface area contributed by atoms with Crippen LogP contribution in [0.15, 0.2) is 30.5 Å². The number of carbonyl (C=O) groups excluding carboxylic acids is 1. The summed E-state index contributed by atoms with van der Waals surface area (Å²) in [4.78, 5) is 17.0. The number of nitrogens with zero attached hydrogens (tertiary/aromatic N) is 5. The fourth-order valence-electron chi connectivity index (χ4n) is 4.19. The molecule has 1 amide bonds. The molecule has 3 atom stereocenters. The van der Waals surface area contributed by atoms with Crippen molar-refractivity contribution in [2.75, 3.05) is 13.1 Å². The van der Waals surface area contributed by atoms with Crippen molar-refractivity contribution in [3.63, 3.8) is 0 Å². The highest BCUT2D eigenvalue weighted by atomic mass is 19.1. The van der Waals surface area contributed by atoms with E-state index in [9.17, 15) is 9.18 Å². The lowest BCUT2D eigenvalue weighted by molar-refractivity contribution is 0.0561. The van der Waals surface area contributed by atoms with Crippen LogP contribution >= 0.6 is 0 Å². The van der Waals surface area contributed by atoms with Crippen LogP contribution in [-0.4, -0.2) is 55.9 Å². The maximum Gasteiger partial charge on any atom is 0.276 e. The number of amides is 1. The van der Waals surface area contributed by atoms with Crippen LogP contribution in [0.4, 0.5) is 4.39 Å². The Morgan fingerprint density at radius 3 is 2.58 bits per heavy atom. The van der Waals surface area contributed by atoms with E-state index in [1.54, 1.807) is 16.9 Å². The average molecular weight is 357 g/mol. The molecule has 2 fully saturated rings. The van der Waals surface area contributed by atoms with Crippen molar-refractivity contribution in [3.05, 3.63) is 47.5 Å². The summed E-state index contributed by atoms with van der Waals surface area (Å²) in [5, 5.41) is 8.07. The van der Waals surface area contributed by atoms with Crippen molar-refractivity contribution in [2.24, 2.45) is 0 Å². The zero-order valence-corrected chi connectivity index (χ0v) is 15.3. The smallest absolute Gasteiger partial charge is 0.276 e. The molecule has 0 radical (unpaired) electrons.